The standard InChI is InChI=1S/C18H16F13NO3/c1-32(10-2-4-11(33)5-3-10)8-6-12(34)35-9-7-13(19,20)14(21,22)15(23,24)16(25,26)17(27,28)18(29,30)31/h2-5,33H,6-9H2,1H3. The van der Waals surface area contributed by atoms with Crippen LogP contribution in [-0.2, 0) is 9.53 Å². The van der Waals surface area contributed by atoms with E-state index in [-0.39, 0.29) is 12.3 Å². The first-order valence-electron chi connectivity index (χ1n) is 9.14. The Morgan fingerprint density at radius 1 is 0.800 bits per heavy atom. The van der Waals surface area contributed by atoms with E-state index in [0.717, 1.165) is 0 Å². The molecule has 0 saturated carbocycles. The lowest BCUT2D eigenvalue weighted by Crippen LogP contribution is -2.70. The quantitative estimate of drug-likeness (QED) is 0.281. The van der Waals surface area contributed by atoms with Crippen molar-refractivity contribution in [3.8, 4) is 5.75 Å². The Bertz CT molecular complexity index is 869. The third-order valence-corrected chi connectivity index (χ3v) is 4.62. The summed E-state index contributed by atoms with van der Waals surface area (Å²) >= 11 is 0. The van der Waals surface area contributed by atoms with E-state index in [2.05, 4.69) is 4.74 Å². The van der Waals surface area contributed by atoms with E-state index in [1.165, 1.54) is 36.2 Å². The van der Waals surface area contributed by atoms with Crippen molar-refractivity contribution < 1.29 is 71.7 Å². The number of rotatable bonds is 11. The molecule has 1 rings (SSSR count). The molecule has 0 spiro atoms. The van der Waals surface area contributed by atoms with Crippen LogP contribution in [0.2, 0.25) is 0 Å². The van der Waals surface area contributed by atoms with Crippen LogP contribution in [0.1, 0.15) is 12.8 Å². The van der Waals surface area contributed by atoms with Crippen molar-refractivity contribution in [2.75, 3.05) is 25.1 Å². The molecule has 0 saturated heterocycles. The Balaban J connectivity index is 2.82. The minimum absolute atomic E-state index is 0.0928. The van der Waals surface area contributed by atoms with Crippen LogP contribution in [0.3, 0.4) is 0 Å². The molecule has 0 fully saturated rings. The summed E-state index contributed by atoms with van der Waals surface area (Å²) in [6.07, 6.45) is -10.7. The lowest BCUT2D eigenvalue weighted by molar-refractivity contribution is -0.440. The van der Waals surface area contributed by atoms with Gasteiger partial charge in [-0.2, -0.15) is 57.1 Å². The second-order valence-corrected chi connectivity index (χ2v) is 7.16. The van der Waals surface area contributed by atoms with E-state index >= 15 is 0 Å². The fourth-order valence-corrected chi connectivity index (χ4v) is 2.42. The molecular formula is C18H16F13NO3. The van der Waals surface area contributed by atoms with Crippen LogP contribution in [0.4, 0.5) is 62.8 Å². The van der Waals surface area contributed by atoms with E-state index < -0.39 is 61.2 Å². The van der Waals surface area contributed by atoms with E-state index in [1.54, 1.807) is 0 Å². The van der Waals surface area contributed by atoms with Gasteiger partial charge in [0.1, 0.15) is 5.75 Å². The second-order valence-electron chi connectivity index (χ2n) is 7.16. The topological polar surface area (TPSA) is 49.8 Å². The SMILES string of the molecule is CN(CCC(=O)OCCC(F)(F)C(F)(F)C(F)(F)C(F)(F)C(F)(F)C(F)(F)F)c1ccc(O)cc1. The molecule has 0 aliphatic rings. The van der Waals surface area contributed by atoms with Gasteiger partial charge in [0.15, 0.2) is 0 Å². The number of alkyl halides is 13. The normalized spacial score (nSPS) is 14.1. The van der Waals surface area contributed by atoms with Gasteiger partial charge in [0.2, 0.25) is 0 Å². The minimum Gasteiger partial charge on any atom is -0.508 e. The molecule has 0 aliphatic carbocycles. The summed E-state index contributed by atoms with van der Waals surface area (Å²) in [5.41, 5.74) is 0.445. The predicted molar refractivity (Wildman–Crippen MR) is 92.4 cm³/mol. The molecule has 0 radical (unpaired) electrons. The number of esters is 1. The van der Waals surface area contributed by atoms with Crippen molar-refractivity contribution in [1.82, 2.24) is 0 Å². The summed E-state index contributed by atoms with van der Waals surface area (Å²) in [6, 6.07) is 5.36. The molecule has 17 heteroatoms. The van der Waals surface area contributed by atoms with Gasteiger partial charge in [-0.1, -0.05) is 0 Å². The number of benzene rings is 1. The number of aromatic hydroxyl groups is 1. The van der Waals surface area contributed by atoms with Crippen molar-refractivity contribution in [2.45, 2.75) is 48.6 Å². The van der Waals surface area contributed by atoms with E-state index in [4.69, 9.17) is 5.11 Å². The molecule has 0 amide bonds. The van der Waals surface area contributed by atoms with Gasteiger partial charge >= 0.3 is 41.8 Å². The monoisotopic (exact) mass is 541 g/mol. The van der Waals surface area contributed by atoms with Gasteiger partial charge in [0.25, 0.3) is 0 Å². The molecule has 1 aromatic carbocycles. The van der Waals surface area contributed by atoms with Crippen molar-refractivity contribution in [2.24, 2.45) is 0 Å². The van der Waals surface area contributed by atoms with Gasteiger partial charge < -0.3 is 14.7 Å². The Kier molecular flexibility index (Phi) is 8.51. The maximum absolute atomic E-state index is 13.6. The van der Waals surface area contributed by atoms with Crippen LogP contribution in [0.25, 0.3) is 0 Å². The fraction of sp³-hybridized carbons (Fsp3) is 0.611. The number of phenolic OH excluding ortho intramolecular Hbond substituents is 1. The van der Waals surface area contributed by atoms with E-state index in [1.807, 2.05) is 0 Å². The maximum atomic E-state index is 13.6. The van der Waals surface area contributed by atoms with Gasteiger partial charge in [0.05, 0.1) is 19.4 Å². The molecule has 0 heterocycles. The molecule has 202 valence electrons. The molecule has 0 atom stereocenters. The predicted octanol–water partition coefficient (Wildman–Crippen LogP) is 5.89. The van der Waals surface area contributed by atoms with Crippen molar-refractivity contribution in [3.63, 3.8) is 0 Å². The van der Waals surface area contributed by atoms with Gasteiger partial charge in [-0.05, 0) is 24.3 Å². The Morgan fingerprint density at radius 2 is 1.26 bits per heavy atom. The zero-order valence-electron chi connectivity index (χ0n) is 17.3. The van der Waals surface area contributed by atoms with Crippen LogP contribution in [-0.4, -0.2) is 67.1 Å². The number of hydrogen-bond donors (Lipinski definition) is 1. The molecule has 1 aromatic rings. The Morgan fingerprint density at radius 3 is 1.71 bits per heavy atom. The molecule has 0 aromatic heterocycles. The maximum Gasteiger partial charge on any atom is 0.460 e. The molecule has 35 heavy (non-hydrogen) atoms. The highest BCUT2D eigenvalue weighted by atomic mass is 19.4. The van der Waals surface area contributed by atoms with Crippen molar-refractivity contribution in [3.05, 3.63) is 24.3 Å². The number of phenols is 1. The summed E-state index contributed by atoms with van der Waals surface area (Å²) in [6.45, 7) is -1.96. The zero-order chi connectivity index (χ0) is 27.7. The van der Waals surface area contributed by atoms with Gasteiger partial charge in [-0.25, -0.2) is 0 Å². The summed E-state index contributed by atoms with van der Waals surface area (Å²) in [5.74, 6) is -38.8. The van der Waals surface area contributed by atoms with Crippen molar-refractivity contribution >= 4 is 11.7 Å². The molecule has 1 N–H and O–H groups in total. The first-order chi connectivity index (χ1) is 15.5. The molecule has 0 bridgehead atoms. The second kappa shape index (κ2) is 9.79. The van der Waals surface area contributed by atoms with Gasteiger partial charge in [-0.15, -0.1) is 0 Å². The highest BCUT2D eigenvalue weighted by Gasteiger charge is 2.90. The Hall–Kier alpha value is -2.62. The van der Waals surface area contributed by atoms with Gasteiger partial charge in [0, 0.05) is 19.3 Å². The van der Waals surface area contributed by atoms with Gasteiger partial charge in [-0.3, -0.25) is 4.79 Å². The van der Waals surface area contributed by atoms with Crippen molar-refractivity contribution in [1.29, 1.82) is 0 Å². The molecule has 0 aliphatic heterocycles. The highest BCUT2D eigenvalue weighted by molar-refractivity contribution is 5.70. The van der Waals surface area contributed by atoms with Crippen LogP contribution in [0, 0.1) is 0 Å². The third kappa shape index (κ3) is 5.79. The number of ether oxygens (including phenoxy) is 1. The summed E-state index contributed by atoms with van der Waals surface area (Å²) in [7, 11) is 1.42. The summed E-state index contributed by atoms with van der Waals surface area (Å²) in [4.78, 5) is 12.9. The van der Waals surface area contributed by atoms with E-state index in [9.17, 15) is 61.9 Å². The van der Waals surface area contributed by atoms with Crippen LogP contribution in [0.5, 0.6) is 5.75 Å². The van der Waals surface area contributed by atoms with Crippen LogP contribution in [0.15, 0.2) is 24.3 Å². The summed E-state index contributed by atoms with van der Waals surface area (Å²) < 4.78 is 173. The lowest BCUT2D eigenvalue weighted by Gasteiger charge is -2.39. The smallest absolute Gasteiger partial charge is 0.460 e. The summed E-state index contributed by atoms with van der Waals surface area (Å²) in [5, 5.41) is 9.16. The molecule has 4 nitrogen and oxygen atoms in total. The fourth-order valence-electron chi connectivity index (χ4n) is 2.42. The highest BCUT2D eigenvalue weighted by Crippen LogP contribution is 2.60. The number of carbonyl (C=O) groups excluding carboxylic acids is 1. The number of carbonyl (C=O) groups is 1. The minimum atomic E-state index is -7.97. The average Bonchev–Trinajstić information content (AvgIpc) is 2.71. The number of hydrogen-bond acceptors (Lipinski definition) is 4. The Labute approximate surface area is 188 Å². The molecule has 0 unspecified atom stereocenters. The zero-order valence-corrected chi connectivity index (χ0v) is 17.3. The van der Waals surface area contributed by atoms with Crippen LogP contribution < -0.4 is 4.90 Å². The first-order valence-corrected chi connectivity index (χ1v) is 9.14. The largest absolute Gasteiger partial charge is 0.508 e. The first kappa shape index (κ1) is 30.4. The van der Waals surface area contributed by atoms with Crippen LogP contribution >= 0.6 is 0 Å². The number of halogens is 13. The lowest BCUT2D eigenvalue weighted by atomic mass is 9.93. The molecular weight excluding hydrogens is 525 g/mol. The van der Waals surface area contributed by atoms with E-state index in [0.29, 0.717) is 5.69 Å². The average molecular weight is 541 g/mol. The number of nitrogens with zero attached hydrogens (tertiary/aromatic N) is 1. The third-order valence-electron chi connectivity index (χ3n) is 4.62. The number of anilines is 1.